The predicted molar refractivity (Wildman–Crippen MR) is 87.9 cm³/mol. The van der Waals surface area contributed by atoms with Crippen LogP contribution in [0.1, 0.15) is 18.6 Å². The lowest BCUT2D eigenvalue weighted by Gasteiger charge is -2.29. The summed E-state index contributed by atoms with van der Waals surface area (Å²) in [4.78, 5) is 25.5. The largest absolute Gasteiger partial charge is 0.443 e. The molecule has 1 fully saturated rings. The zero-order chi connectivity index (χ0) is 17.1. The number of furan rings is 1. The van der Waals surface area contributed by atoms with Crippen molar-refractivity contribution in [3.05, 3.63) is 30.0 Å². The number of rotatable bonds is 4. The minimum absolute atomic E-state index is 0.0944. The van der Waals surface area contributed by atoms with Gasteiger partial charge >= 0.3 is 0 Å². The SMILES string of the molecule is N#Cc1oc2ccccc2c1NC(=O)CN1CCC(C(N)=O)CC1. The van der Waals surface area contributed by atoms with Gasteiger partial charge in [-0.2, -0.15) is 5.26 Å². The number of anilines is 1. The molecule has 2 heterocycles. The third-order valence-corrected chi connectivity index (χ3v) is 4.32. The third-order valence-electron chi connectivity index (χ3n) is 4.32. The van der Waals surface area contributed by atoms with Crippen molar-refractivity contribution in [3.8, 4) is 6.07 Å². The van der Waals surface area contributed by atoms with Gasteiger partial charge in [-0.1, -0.05) is 12.1 Å². The number of hydrogen-bond acceptors (Lipinski definition) is 5. The van der Waals surface area contributed by atoms with Crippen LogP contribution in [-0.2, 0) is 9.59 Å². The van der Waals surface area contributed by atoms with Crippen LogP contribution in [0.15, 0.2) is 28.7 Å². The van der Waals surface area contributed by atoms with Gasteiger partial charge in [0.25, 0.3) is 0 Å². The van der Waals surface area contributed by atoms with Crippen LogP contribution in [0.5, 0.6) is 0 Å². The summed E-state index contributed by atoms with van der Waals surface area (Å²) in [5.74, 6) is -0.498. The van der Waals surface area contributed by atoms with Crippen LogP contribution in [0.3, 0.4) is 0 Å². The Morgan fingerprint density at radius 3 is 2.71 bits per heavy atom. The number of hydrogen-bond donors (Lipinski definition) is 2. The van der Waals surface area contributed by atoms with Gasteiger partial charge in [-0.3, -0.25) is 14.5 Å². The fraction of sp³-hybridized carbons (Fsp3) is 0.353. The quantitative estimate of drug-likeness (QED) is 0.883. The number of primary amides is 1. The van der Waals surface area contributed by atoms with Crippen LogP contribution >= 0.6 is 0 Å². The van der Waals surface area contributed by atoms with Gasteiger partial charge in [0.15, 0.2) is 0 Å². The fourth-order valence-electron chi connectivity index (χ4n) is 3.01. The zero-order valence-electron chi connectivity index (χ0n) is 13.1. The van der Waals surface area contributed by atoms with Crippen LogP contribution in [0.2, 0.25) is 0 Å². The van der Waals surface area contributed by atoms with Crippen LogP contribution in [0, 0.1) is 17.2 Å². The van der Waals surface area contributed by atoms with Crippen LogP contribution in [-0.4, -0.2) is 36.3 Å². The van der Waals surface area contributed by atoms with Gasteiger partial charge < -0.3 is 15.5 Å². The summed E-state index contributed by atoms with van der Waals surface area (Å²) in [6.45, 7) is 1.51. The third kappa shape index (κ3) is 3.24. The maximum Gasteiger partial charge on any atom is 0.238 e. The number of carbonyl (C=O) groups is 2. The summed E-state index contributed by atoms with van der Waals surface area (Å²) >= 11 is 0. The Hall–Kier alpha value is -2.85. The molecule has 0 saturated carbocycles. The highest BCUT2D eigenvalue weighted by atomic mass is 16.3. The molecule has 0 aliphatic carbocycles. The molecule has 0 atom stereocenters. The molecule has 24 heavy (non-hydrogen) atoms. The standard InChI is InChI=1S/C17H18N4O3/c18-9-14-16(12-3-1-2-4-13(12)24-14)20-15(22)10-21-7-5-11(6-8-21)17(19)23/h1-4,11H,5-8,10H2,(H2,19,23)(H,20,22). The van der Waals surface area contributed by atoms with Gasteiger partial charge in [-0.25, -0.2) is 0 Å². The lowest BCUT2D eigenvalue weighted by atomic mass is 9.96. The van der Waals surface area contributed by atoms with Crippen molar-refractivity contribution in [1.29, 1.82) is 5.26 Å². The number of nitrogens with one attached hydrogen (secondary N) is 1. The monoisotopic (exact) mass is 326 g/mol. The number of benzene rings is 1. The molecule has 1 aromatic heterocycles. The van der Waals surface area contributed by atoms with E-state index in [1.54, 1.807) is 12.1 Å². The average Bonchev–Trinajstić information content (AvgIpc) is 2.93. The molecule has 7 heteroatoms. The molecule has 0 spiro atoms. The van der Waals surface area contributed by atoms with Crippen LogP contribution in [0.4, 0.5) is 5.69 Å². The molecule has 3 rings (SSSR count). The minimum atomic E-state index is -0.275. The Bertz CT molecular complexity index is 813. The maximum atomic E-state index is 12.3. The van der Waals surface area contributed by atoms with E-state index in [4.69, 9.17) is 10.2 Å². The Labute approximate surface area is 139 Å². The highest BCUT2D eigenvalue weighted by molar-refractivity contribution is 6.03. The van der Waals surface area contributed by atoms with Crippen molar-refractivity contribution in [1.82, 2.24) is 4.90 Å². The van der Waals surface area contributed by atoms with Gasteiger partial charge in [0.05, 0.1) is 6.54 Å². The molecule has 1 saturated heterocycles. The van der Waals surface area contributed by atoms with Gasteiger partial charge in [-0.05, 0) is 38.1 Å². The van der Waals surface area contributed by atoms with Gasteiger partial charge in [0.1, 0.15) is 17.3 Å². The van der Waals surface area contributed by atoms with Crippen molar-refractivity contribution in [2.75, 3.05) is 25.0 Å². The number of nitrogens with two attached hydrogens (primary N) is 1. The summed E-state index contributed by atoms with van der Waals surface area (Å²) in [6.07, 6.45) is 1.33. The Morgan fingerprint density at radius 2 is 2.04 bits per heavy atom. The van der Waals surface area contributed by atoms with Crippen LogP contribution < -0.4 is 11.1 Å². The minimum Gasteiger partial charge on any atom is -0.443 e. The van der Waals surface area contributed by atoms with Crippen molar-refractivity contribution in [2.24, 2.45) is 11.7 Å². The molecular formula is C17H18N4O3. The van der Waals surface area contributed by atoms with E-state index in [0.717, 1.165) is 0 Å². The number of para-hydroxylation sites is 1. The van der Waals surface area contributed by atoms with Crippen LogP contribution in [0.25, 0.3) is 11.0 Å². The molecule has 7 nitrogen and oxygen atoms in total. The molecule has 3 N–H and O–H groups in total. The Morgan fingerprint density at radius 1 is 1.33 bits per heavy atom. The highest BCUT2D eigenvalue weighted by Gasteiger charge is 2.25. The fourth-order valence-corrected chi connectivity index (χ4v) is 3.01. The van der Waals surface area contributed by atoms with Crippen molar-refractivity contribution < 1.29 is 14.0 Å². The number of carbonyl (C=O) groups excluding carboxylic acids is 2. The van der Waals surface area contributed by atoms with E-state index < -0.39 is 0 Å². The smallest absolute Gasteiger partial charge is 0.238 e. The molecule has 1 aromatic carbocycles. The first-order chi connectivity index (χ1) is 11.6. The first-order valence-electron chi connectivity index (χ1n) is 7.81. The van der Waals surface area contributed by atoms with E-state index in [1.165, 1.54) is 0 Å². The number of fused-ring (bicyclic) bond motifs is 1. The summed E-state index contributed by atoms with van der Waals surface area (Å²) < 4.78 is 5.44. The average molecular weight is 326 g/mol. The second kappa shape index (κ2) is 6.72. The van der Waals surface area contributed by atoms with E-state index >= 15 is 0 Å². The van der Waals surface area contributed by atoms with Gasteiger partial charge in [-0.15, -0.1) is 0 Å². The lowest BCUT2D eigenvalue weighted by molar-refractivity contribution is -0.123. The first-order valence-corrected chi connectivity index (χ1v) is 7.81. The van der Waals surface area contributed by atoms with E-state index in [1.807, 2.05) is 23.1 Å². The van der Waals surface area contributed by atoms with Crippen molar-refractivity contribution in [2.45, 2.75) is 12.8 Å². The second-order valence-corrected chi connectivity index (χ2v) is 5.92. The number of likely N-dealkylation sites (tertiary alicyclic amines) is 1. The lowest BCUT2D eigenvalue weighted by Crippen LogP contribution is -2.42. The van der Waals surface area contributed by atoms with E-state index in [0.29, 0.717) is 42.6 Å². The normalized spacial score (nSPS) is 16.0. The Kier molecular flexibility index (Phi) is 4.49. The summed E-state index contributed by atoms with van der Waals surface area (Å²) in [7, 11) is 0. The summed E-state index contributed by atoms with van der Waals surface area (Å²) in [5, 5.41) is 12.7. The van der Waals surface area contributed by atoms with Gasteiger partial charge in [0, 0.05) is 11.3 Å². The van der Waals surface area contributed by atoms with E-state index in [9.17, 15) is 14.9 Å². The van der Waals surface area contributed by atoms with Crippen molar-refractivity contribution >= 4 is 28.5 Å². The van der Waals surface area contributed by atoms with Crippen molar-refractivity contribution in [3.63, 3.8) is 0 Å². The number of piperidine rings is 1. The second-order valence-electron chi connectivity index (χ2n) is 5.92. The molecule has 2 aromatic rings. The molecule has 2 amide bonds. The highest BCUT2D eigenvalue weighted by Crippen LogP contribution is 2.30. The molecule has 0 radical (unpaired) electrons. The summed E-state index contributed by atoms with van der Waals surface area (Å²) in [6, 6.07) is 9.15. The molecule has 0 bridgehead atoms. The van der Waals surface area contributed by atoms with E-state index in [-0.39, 0.29) is 30.0 Å². The number of nitrogens with zero attached hydrogens (tertiary/aromatic N) is 2. The predicted octanol–water partition coefficient (Wildman–Crippen LogP) is 1.44. The molecule has 124 valence electrons. The summed E-state index contributed by atoms with van der Waals surface area (Å²) in [5.41, 5.74) is 6.28. The maximum absolute atomic E-state index is 12.3. The molecular weight excluding hydrogens is 308 g/mol. The first kappa shape index (κ1) is 16.0. The molecule has 1 aliphatic heterocycles. The zero-order valence-corrected chi connectivity index (χ0v) is 13.1. The number of amides is 2. The van der Waals surface area contributed by atoms with Gasteiger partial charge in [0.2, 0.25) is 17.6 Å². The van der Waals surface area contributed by atoms with E-state index in [2.05, 4.69) is 5.32 Å². The molecule has 0 unspecified atom stereocenters. The topological polar surface area (TPSA) is 112 Å². The molecule has 1 aliphatic rings. The Balaban J connectivity index is 1.66. The number of nitriles is 1.